The van der Waals surface area contributed by atoms with Crippen molar-refractivity contribution in [3.63, 3.8) is 0 Å². The lowest BCUT2D eigenvalue weighted by Gasteiger charge is -2.26. The topological polar surface area (TPSA) is 124 Å². The van der Waals surface area contributed by atoms with E-state index < -0.39 is 0 Å². The molecule has 7 nitrogen and oxygen atoms in total. The van der Waals surface area contributed by atoms with E-state index in [9.17, 15) is 21.0 Å². The van der Waals surface area contributed by atoms with Gasteiger partial charge in [0.2, 0.25) is 0 Å². The Morgan fingerprint density at radius 1 is 0.698 bits per heavy atom. The van der Waals surface area contributed by atoms with Crippen LogP contribution in [0.1, 0.15) is 11.1 Å². The Kier molecular flexibility index (Phi) is 9.51. The maximum Gasteiger partial charge on any atom is 0.137 e. The third-order valence-electron chi connectivity index (χ3n) is 6.39. The summed E-state index contributed by atoms with van der Waals surface area (Å²) in [5.74, 6) is 0. The van der Waals surface area contributed by atoms with Crippen LogP contribution in [0.4, 0.5) is 17.1 Å². The minimum atomic E-state index is -0.212. The average molecular weight is 554 g/mol. The summed E-state index contributed by atoms with van der Waals surface area (Å²) in [5, 5.41) is 37.5. The van der Waals surface area contributed by atoms with Crippen LogP contribution in [0.3, 0.4) is 0 Å². The molecule has 43 heavy (non-hydrogen) atoms. The number of nitriles is 4. The first-order valence-electron chi connectivity index (χ1n) is 13.0. The van der Waals surface area contributed by atoms with Gasteiger partial charge >= 0.3 is 0 Å². The van der Waals surface area contributed by atoms with E-state index in [4.69, 9.17) is 0 Å². The van der Waals surface area contributed by atoms with Gasteiger partial charge in [-0.2, -0.15) is 21.0 Å². The van der Waals surface area contributed by atoms with Crippen LogP contribution in [0.5, 0.6) is 0 Å². The lowest BCUT2D eigenvalue weighted by atomic mass is 9.98. The predicted molar refractivity (Wildman–Crippen MR) is 169 cm³/mol. The maximum absolute atomic E-state index is 9.52. The Labute approximate surface area is 250 Å². The van der Waals surface area contributed by atoms with Crippen molar-refractivity contribution >= 4 is 28.3 Å². The molecular weight excluding hydrogens is 530 g/mol. The van der Waals surface area contributed by atoms with Crippen LogP contribution < -0.4 is 4.90 Å². The summed E-state index contributed by atoms with van der Waals surface area (Å²) in [6.45, 7) is 7.51. The summed E-state index contributed by atoms with van der Waals surface area (Å²) in [6.07, 6.45) is 6.15. The Bertz CT molecular complexity index is 1870. The Morgan fingerprint density at radius 3 is 1.72 bits per heavy atom. The minimum absolute atomic E-state index is 0.198. The van der Waals surface area contributed by atoms with E-state index in [0.717, 1.165) is 33.9 Å². The number of pyridine rings is 1. The van der Waals surface area contributed by atoms with Crippen LogP contribution in [0.2, 0.25) is 0 Å². The predicted octanol–water partition coefficient (Wildman–Crippen LogP) is 8.11. The van der Waals surface area contributed by atoms with E-state index >= 15 is 0 Å². The van der Waals surface area contributed by atoms with Crippen molar-refractivity contribution in [2.45, 2.75) is 0 Å². The van der Waals surface area contributed by atoms with Crippen LogP contribution >= 0.6 is 0 Å². The van der Waals surface area contributed by atoms with Gasteiger partial charge in [0.05, 0.1) is 11.4 Å². The molecular formula is C36H23N7. The number of nitrogens with zero attached hydrogens (tertiary/aromatic N) is 7. The van der Waals surface area contributed by atoms with Crippen molar-refractivity contribution in [3.8, 4) is 35.5 Å². The number of hydrogen-bond acceptors (Lipinski definition) is 7. The number of anilines is 3. The lowest BCUT2D eigenvalue weighted by Crippen LogP contribution is -2.10. The third kappa shape index (κ3) is 6.68. The highest BCUT2D eigenvalue weighted by molar-refractivity contribution is 6.08. The third-order valence-corrected chi connectivity index (χ3v) is 6.39. The molecule has 4 rings (SSSR count). The molecule has 3 aromatic carbocycles. The molecule has 1 heterocycles. The number of hydrogen-bond donors (Lipinski definition) is 0. The summed E-state index contributed by atoms with van der Waals surface area (Å²) in [5.41, 5.74) is 6.26. The summed E-state index contributed by atoms with van der Waals surface area (Å²) < 4.78 is 0. The zero-order chi connectivity index (χ0) is 30.6. The standard InChI is InChI=1S/C36H23N7/c1-3-35(41-4-2)28-10-16-32(17-11-28)43(33-18-12-29(13-19-33)36-7-5-6-20-42-36)31-14-8-27(9-15-31)34(30(24-39)25-40)21-26(22-37)23-38/h3-21H,1-2H2. The van der Waals surface area contributed by atoms with Gasteiger partial charge in [-0.15, -0.1) is 0 Å². The van der Waals surface area contributed by atoms with Crippen molar-refractivity contribution in [1.29, 1.82) is 21.0 Å². The van der Waals surface area contributed by atoms with E-state index in [1.807, 2.05) is 91.0 Å². The molecule has 202 valence electrons. The largest absolute Gasteiger partial charge is 0.311 e. The molecule has 0 amide bonds. The molecule has 0 fully saturated rings. The van der Waals surface area contributed by atoms with Crippen LogP contribution in [-0.4, -0.2) is 10.7 Å². The van der Waals surface area contributed by atoms with Gasteiger partial charge < -0.3 is 4.90 Å². The van der Waals surface area contributed by atoms with Crippen LogP contribution in [0.15, 0.2) is 145 Å². The van der Waals surface area contributed by atoms with Gasteiger partial charge in [0, 0.05) is 46.2 Å². The number of allylic oxidation sites excluding steroid dienone is 5. The molecule has 0 spiro atoms. The Balaban J connectivity index is 1.83. The number of rotatable bonds is 9. The average Bonchev–Trinajstić information content (AvgIpc) is 3.07. The zero-order valence-corrected chi connectivity index (χ0v) is 23.0. The van der Waals surface area contributed by atoms with E-state index in [1.54, 1.807) is 36.5 Å². The minimum Gasteiger partial charge on any atom is -0.311 e. The molecule has 0 saturated carbocycles. The van der Waals surface area contributed by atoms with Gasteiger partial charge in [0.1, 0.15) is 35.4 Å². The van der Waals surface area contributed by atoms with Crippen molar-refractivity contribution < 1.29 is 0 Å². The summed E-state index contributed by atoms with van der Waals surface area (Å²) >= 11 is 0. The first-order chi connectivity index (χ1) is 21.1. The molecule has 0 aliphatic rings. The van der Waals surface area contributed by atoms with Crippen molar-refractivity contribution in [2.24, 2.45) is 4.99 Å². The highest BCUT2D eigenvalue weighted by Crippen LogP contribution is 2.36. The van der Waals surface area contributed by atoms with Gasteiger partial charge in [0.15, 0.2) is 0 Å². The highest BCUT2D eigenvalue weighted by Gasteiger charge is 2.15. The van der Waals surface area contributed by atoms with Crippen LogP contribution in [0, 0.1) is 45.3 Å². The summed E-state index contributed by atoms with van der Waals surface area (Å²) in [7, 11) is 0. The van der Waals surface area contributed by atoms with Crippen molar-refractivity contribution in [2.75, 3.05) is 4.90 Å². The van der Waals surface area contributed by atoms with Gasteiger partial charge in [-0.25, -0.2) is 0 Å². The SMILES string of the molecule is C=CN=C(C=C)c1ccc(N(c2ccc(C(C=C(C#N)C#N)=C(C#N)C#N)cc2)c2ccc(-c3ccccn3)cc2)cc1. The van der Waals surface area contributed by atoms with Crippen LogP contribution in [0.25, 0.3) is 16.8 Å². The van der Waals surface area contributed by atoms with E-state index in [2.05, 4.69) is 28.0 Å². The monoisotopic (exact) mass is 553 g/mol. The Morgan fingerprint density at radius 2 is 1.26 bits per heavy atom. The van der Waals surface area contributed by atoms with Crippen molar-refractivity contribution in [1.82, 2.24) is 4.98 Å². The highest BCUT2D eigenvalue weighted by atomic mass is 15.1. The normalized spacial score (nSPS) is 10.1. The summed E-state index contributed by atoms with van der Waals surface area (Å²) in [6, 6.07) is 36.1. The first-order valence-corrected chi connectivity index (χ1v) is 13.0. The van der Waals surface area contributed by atoms with Gasteiger partial charge in [-0.05, 0) is 66.2 Å². The first kappa shape index (κ1) is 29.2. The van der Waals surface area contributed by atoms with E-state index in [1.165, 1.54) is 12.3 Å². The molecule has 0 bridgehead atoms. The van der Waals surface area contributed by atoms with Gasteiger partial charge in [-0.1, -0.05) is 55.6 Å². The van der Waals surface area contributed by atoms with E-state index in [-0.39, 0.29) is 16.7 Å². The second kappa shape index (κ2) is 14.0. The second-order valence-electron chi connectivity index (χ2n) is 8.89. The fourth-order valence-electron chi connectivity index (χ4n) is 4.36. The number of aliphatic imine (C=N–C) groups is 1. The van der Waals surface area contributed by atoms with Crippen LogP contribution in [-0.2, 0) is 0 Å². The van der Waals surface area contributed by atoms with E-state index in [0.29, 0.717) is 11.3 Å². The molecule has 0 atom stereocenters. The number of benzene rings is 3. The molecule has 0 saturated heterocycles. The molecule has 1 aromatic heterocycles. The van der Waals surface area contributed by atoms with Gasteiger partial charge in [-0.3, -0.25) is 9.98 Å². The molecule has 0 unspecified atom stereocenters. The molecule has 0 aliphatic heterocycles. The Hall–Kier alpha value is -6.80. The number of aromatic nitrogens is 1. The zero-order valence-electron chi connectivity index (χ0n) is 23.0. The molecule has 4 aromatic rings. The second-order valence-corrected chi connectivity index (χ2v) is 8.89. The van der Waals surface area contributed by atoms with Crippen molar-refractivity contribution in [3.05, 3.63) is 151 Å². The molecule has 7 heteroatoms. The fourth-order valence-corrected chi connectivity index (χ4v) is 4.36. The fraction of sp³-hybridized carbons (Fsp3) is 0. The lowest BCUT2D eigenvalue weighted by molar-refractivity contribution is 1.27. The summed E-state index contributed by atoms with van der Waals surface area (Å²) in [4.78, 5) is 10.8. The molecule has 0 radical (unpaired) electrons. The molecule has 0 N–H and O–H groups in total. The van der Waals surface area contributed by atoms with Gasteiger partial charge in [0.25, 0.3) is 0 Å². The quantitative estimate of drug-likeness (QED) is 0.117. The smallest absolute Gasteiger partial charge is 0.137 e. The maximum atomic E-state index is 9.52. The molecule has 0 aliphatic carbocycles.